The van der Waals surface area contributed by atoms with Gasteiger partial charge in [-0.3, -0.25) is 4.79 Å². The van der Waals surface area contributed by atoms with Gasteiger partial charge < -0.3 is 36.3 Å². The summed E-state index contributed by atoms with van der Waals surface area (Å²) in [5.41, 5.74) is 7.17. The fourth-order valence-corrected chi connectivity index (χ4v) is 5.55. The summed E-state index contributed by atoms with van der Waals surface area (Å²) in [6.07, 6.45) is 11.5. The molecule has 316 valence electrons. The molecular weight excluding hydrogens is 781 g/mol. The number of carbonyl (C=O) groups excluding carboxylic acids is 1. The molecule has 6 N–H and O–H groups in total. The Balaban J connectivity index is 0.000000182. The molecule has 2 fully saturated rings. The van der Waals surface area contributed by atoms with Gasteiger partial charge in [0.1, 0.15) is 46.6 Å². The third-order valence-electron chi connectivity index (χ3n) is 9.03. The number of nitrogens with zero attached hydrogens (tertiary/aromatic N) is 10. The van der Waals surface area contributed by atoms with Crippen molar-refractivity contribution in [2.45, 2.75) is 90.9 Å². The number of carboxylic acids is 1. The number of rotatable bonds is 14. The zero-order valence-corrected chi connectivity index (χ0v) is 34.8. The van der Waals surface area contributed by atoms with Gasteiger partial charge in [-0.2, -0.15) is 25.2 Å². The van der Waals surface area contributed by atoms with E-state index in [4.69, 9.17) is 20.5 Å². The first-order chi connectivity index (χ1) is 29.1. The highest BCUT2D eigenvalue weighted by Crippen LogP contribution is 2.34. The van der Waals surface area contributed by atoms with E-state index >= 15 is 0 Å². The number of hydrogen-bond acceptors (Lipinski definition) is 16. The SMILES string of the molecule is CC(C)(N)C#N.CCc1cc(Nc2cccnc2OC2CC2)nc2c(C(=O)O)cnn12.CNc1cc(Nc2cccnc2OC2CC2)nc2c(C(=O)CC(C)(C)C#N)cnn12. The zero-order valence-electron chi connectivity index (χ0n) is 34.8. The maximum Gasteiger partial charge on any atom is 0.341 e. The zero-order chi connectivity index (χ0) is 43.9. The van der Waals surface area contributed by atoms with Gasteiger partial charge in [-0.05, 0) is 84.1 Å². The number of carboxylic acid groups (broad SMARTS) is 1. The standard InChI is InChI=1S/C21H23N7O2.C17H17N5O3.C4H8N2/c1-21(2,12-22)10-16(29)14-11-25-28-18(23-3)9-17(27-19(14)28)26-15-5-4-8-24-20(15)30-13-6-7-13;1-2-10-8-14(21-15-12(17(23)24)9-19-22(10)15)20-13-4-3-7-18-16(13)25-11-5-6-11;1-4(2,6)3-5/h4-5,8-9,11,13,23H,6-7,10H2,1-3H3,(H,26,27);3-4,7-9,11H,2,5-6H2,1H3,(H,20,21)(H,23,24);6H2,1-2H3. The number of aromatic nitrogens is 8. The summed E-state index contributed by atoms with van der Waals surface area (Å²) in [4.78, 5) is 41.8. The smallest absolute Gasteiger partial charge is 0.341 e. The average molecular weight is 829 g/mol. The summed E-state index contributed by atoms with van der Waals surface area (Å²) in [7, 11) is 1.77. The molecule has 19 heteroatoms. The van der Waals surface area contributed by atoms with Crippen LogP contribution < -0.4 is 31.2 Å². The van der Waals surface area contributed by atoms with Crippen molar-refractivity contribution in [2.24, 2.45) is 11.1 Å². The van der Waals surface area contributed by atoms with Crippen molar-refractivity contribution >= 4 is 51.9 Å². The number of pyridine rings is 2. The molecule has 0 amide bonds. The van der Waals surface area contributed by atoms with E-state index in [2.05, 4.69) is 52.2 Å². The van der Waals surface area contributed by atoms with Crippen molar-refractivity contribution in [1.82, 2.24) is 39.2 Å². The lowest BCUT2D eigenvalue weighted by molar-refractivity contribution is 0.0698. The normalized spacial score (nSPS) is 13.4. The summed E-state index contributed by atoms with van der Waals surface area (Å²) in [5.74, 6) is 1.53. The highest BCUT2D eigenvalue weighted by Gasteiger charge is 2.28. The molecule has 0 radical (unpaired) electrons. The third kappa shape index (κ3) is 11.2. The number of carbonyl (C=O) groups is 2. The lowest BCUT2D eigenvalue weighted by atomic mass is 9.88. The summed E-state index contributed by atoms with van der Waals surface area (Å²) in [5, 5.41) is 44.6. The molecule has 0 unspecified atom stereocenters. The van der Waals surface area contributed by atoms with Crippen molar-refractivity contribution in [2.75, 3.05) is 23.0 Å². The topological polar surface area (TPSA) is 269 Å². The van der Waals surface area contributed by atoms with Gasteiger partial charge >= 0.3 is 5.97 Å². The van der Waals surface area contributed by atoms with Crippen LogP contribution in [0, 0.1) is 28.1 Å². The van der Waals surface area contributed by atoms with Crippen LogP contribution in [-0.4, -0.2) is 80.8 Å². The molecule has 2 aliphatic rings. The van der Waals surface area contributed by atoms with Gasteiger partial charge in [0.05, 0.1) is 41.0 Å². The Kier molecular flexibility index (Phi) is 12.9. The highest BCUT2D eigenvalue weighted by atomic mass is 16.5. The fraction of sp³-hybridized carbons (Fsp3) is 0.381. The van der Waals surface area contributed by atoms with E-state index in [1.807, 2.05) is 43.3 Å². The van der Waals surface area contributed by atoms with Crippen LogP contribution in [0.25, 0.3) is 11.3 Å². The van der Waals surface area contributed by atoms with Crippen molar-refractivity contribution in [3.8, 4) is 23.9 Å². The maximum absolute atomic E-state index is 12.8. The number of aryl methyl sites for hydroxylation is 1. The fourth-order valence-electron chi connectivity index (χ4n) is 5.55. The number of hydrogen-bond donors (Lipinski definition) is 5. The van der Waals surface area contributed by atoms with Crippen LogP contribution in [0.15, 0.2) is 61.2 Å². The van der Waals surface area contributed by atoms with E-state index in [0.717, 1.165) is 31.4 Å². The van der Waals surface area contributed by atoms with E-state index < -0.39 is 16.9 Å². The monoisotopic (exact) mass is 828 g/mol. The Morgan fingerprint density at radius 2 is 1.36 bits per heavy atom. The largest absolute Gasteiger partial charge is 0.477 e. The van der Waals surface area contributed by atoms with Crippen LogP contribution in [0.5, 0.6) is 11.8 Å². The number of nitriles is 2. The molecule has 0 atom stereocenters. The molecule has 2 saturated carbocycles. The number of anilines is 5. The van der Waals surface area contributed by atoms with Gasteiger partial charge in [0.2, 0.25) is 11.8 Å². The van der Waals surface area contributed by atoms with E-state index in [9.17, 15) is 20.0 Å². The second kappa shape index (κ2) is 18.3. The van der Waals surface area contributed by atoms with Crippen molar-refractivity contribution in [3.63, 3.8) is 0 Å². The minimum absolute atomic E-state index is 0.0685. The third-order valence-corrected chi connectivity index (χ3v) is 9.03. The number of ether oxygens (including phenoxy) is 2. The van der Waals surface area contributed by atoms with Crippen LogP contribution in [0.1, 0.15) is 93.1 Å². The molecule has 0 aromatic carbocycles. The summed E-state index contributed by atoms with van der Waals surface area (Å²) in [6, 6.07) is 15.0. The molecule has 0 saturated heterocycles. The molecule has 6 aromatic rings. The van der Waals surface area contributed by atoms with Crippen LogP contribution in [-0.2, 0) is 6.42 Å². The minimum Gasteiger partial charge on any atom is -0.477 e. The van der Waals surface area contributed by atoms with E-state index in [1.165, 1.54) is 12.4 Å². The molecule has 19 nitrogen and oxygen atoms in total. The molecular formula is C42H48N14O5. The predicted octanol–water partition coefficient (Wildman–Crippen LogP) is 6.49. The first-order valence-electron chi connectivity index (χ1n) is 19.7. The first-order valence-corrected chi connectivity index (χ1v) is 19.7. The molecule has 6 heterocycles. The molecule has 6 aromatic heterocycles. The van der Waals surface area contributed by atoms with Crippen LogP contribution in [0.4, 0.5) is 28.8 Å². The second-order valence-corrected chi connectivity index (χ2v) is 15.7. The molecule has 0 aliphatic heterocycles. The molecule has 0 spiro atoms. The Morgan fingerprint density at radius 3 is 1.84 bits per heavy atom. The van der Waals surface area contributed by atoms with Gasteiger partial charge in [0, 0.05) is 43.7 Å². The number of ketones is 1. The van der Waals surface area contributed by atoms with Crippen LogP contribution in [0.2, 0.25) is 0 Å². The summed E-state index contributed by atoms with van der Waals surface area (Å²) >= 11 is 0. The second-order valence-electron chi connectivity index (χ2n) is 15.7. The van der Waals surface area contributed by atoms with Gasteiger partial charge in [0.25, 0.3) is 0 Å². The van der Waals surface area contributed by atoms with Gasteiger partial charge in [-0.15, -0.1) is 0 Å². The Bertz CT molecular complexity index is 2630. The molecule has 8 rings (SSSR count). The van der Waals surface area contributed by atoms with Crippen molar-refractivity contribution in [1.29, 1.82) is 10.5 Å². The van der Waals surface area contributed by atoms with Gasteiger partial charge in [0.15, 0.2) is 17.1 Å². The molecule has 2 aliphatic carbocycles. The number of aromatic carboxylic acids is 1. The Morgan fingerprint density at radius 1 is 0.852 bits per heavy atom. The van der Waals surface area contributed by atoms with E-state index in [-0.39, 0.29) is 30.0 Å². The minimum atomic E-state index is -1.05. The highest BCUT2D eigenvalue weighted by molar-refractivity contribution is 6.02. The average Bonchev–Trinajstić information content (AvgIpc) is 4.15. The number of nitrogens with two attached hydrogens (primary N) is 1. The number of fused-ring (bicyclic) bond motifs is 2. The number of Topliss-reactive ketones (excluding diaryl/α,β-unsaturated/α-hetero) is 1. The Hall–Kier alpha value is -7.38. The van der Waals surface area contributed by atoms with Gasteiger partial charge in [-0.25, -0.2) is 29.2 Å². The quantitative estimate of drug-likeness (QED) is 0.0734. The van der Waals surface area contributed by atoms with E-state index in [1.54, 1.807) is 62.2 Å². The van der Waals surface area contributed by atoms with Crippen LogP contribution in [0.3, 0.4) is 0 Å². The lowest BCUT2D eigenvalue weighted by Crippen LogP contribution is -2.28. The van der Waals surface area contributed by atoms with Crippen molar-refractivity contribution < 1.29 is 24.2 Å². The number of nitrogens with one attached hydrogen (secondary N) is 3. The lowest BCUT2D eigenvalue weighted by Gasteiger charge is -2.14. The summed E-state index contributed by atoms with van der Waals surface area (Å²) in [6.45, 7) is 8.77. The van der Waals surface area contributed by atoms with Gasteiger partial charge in [-0.1, -0.05) is 6.92 Å². The predicted molar refractivity (Wildman–Crippen MR) is 226 cm³/mol. The Labute approximate surface area is 352 Å². The van der Waals surface area contributed by atoms with E-state index in [0.29, 0.717) is 63.9 Å². The summed E-state index contributed by atoms with van der Waals surface area (Å²) < 4.78 is 14.8. The van der Waals surface area contributed by atoms with Crippen LogP contribution >= 0.6 is 0 Å². The maximum atomic E-state index is 12.8. The molecule has 61 heavy (non-hydrogen) atoms. The van der Waals surface area contributed by atoms with Crippen molar-refractivity contribution in [3.05, 3.63) is 78.0 Å². The molecule has 0 bridgehead atoms. The first kappa shape index (κ1) is 43.2.